The summed E-state index contributed by atoms with van der Waals surface area (Å²) in [7, 11) is 1.65. The molecule has 0 aromatic heterocycles. The van der Waals surface area contributed by atoms with Crippen LogP contribution in [0.3, 0.4) is 0 Å². The zero-order valence-corrected chi connectivity index (χ0v) is 14.0. The zero-order valence-electron chi connectivity index (χ0n) is 14.0. The summed E-state index contributed by atoms with van der Waals surface area (Å²) in [5, 5.41) is 0. The molecule has 1 aromatic carbocycles. The van der Waals surface area contributed by atoms with Crippen LogP contribution in [-0.2, 0) is 4.79 Å². The molecule has 1 heterocycles. The molecule has 1 aromatic rings. The van der Waals surface area contributed by atoms with Crippen LogP contribution in [-0.4, -0.2) is 19.6 Å². The molecule has 1 amide bonds. The summed E-state index contributed by atoms with van der Waals surface area (Å²) in [4.78, 5) is 14.8. The Balaban J connectivity index is 2.13. The number of unbranched alkanes of at least 4 members (excludes halogenated alkanes) is 2. The van der Waals surface area contributed by atoms with E-state index >= 15 is 0 Å². The molecule has 1 aliphatic heterocycles. The maximum Gasteiger partial charge on any atom is 0.237 e. The van der Waals surface area contributed by atoms with Crippen molar-refractivity contribution in [1.82, 2.24) is 0 Å². The normalized spacial score (nSPS) is 21.8. The molecule has 3 nitrogen and oxygen atoms in total. The lowest BCUT2D eigenvalue weighted by Gasteiger charge is -2.23. The predicted molar refractivity (Wildman–Crippen MR) is 91.4 cm³/mol. The van der Waals surface area contributed by atoms with E-state index in [4.69, 9.17) is 4.74 Å². The number of methoxy groups -OCH3 is 1. The average Bonchev–Trinajstić information content (AvgIpc) is 2.89. The third-order valence-corrected chi connectivity index (χ3v) is 4.63. The van der Waals surface area contributed by atoms with Gasteiger partial charge < -0.3 is 9.64 Å². The molecular formula is C19H27NO2. The average molecular weight is 301 g/mol. The highest BCUT2D eigenvalue weighted by atomic mass is 16.5. The van der Waals surface area contributed by atoms with Crippen LogP contribution in [0.2, 0.25) is 0 Å². The molecule has 120 valence electrons. The van der Waals surface area contributed by atoms with E-state index in [9.17, 15) is 4.79 Å². The van der Waals surface area contributed by atoms with Gasteiger partial charge in [0.2, 0.25) is 5.91 Å². The number of rotatable bonds is 7. The first-order valence-electron chi connectivity index (χ1n) is 8.30. The van der Waals surface area contributed by atoms with Gasteiger partial charge in [0.05, 0.1) is 12.5 Å². The molecule has 0 spiro atoms. The highest BCUT2D eigenvalue weighted by molar-refractivity contribution is 6.01. The van der Waals surface area contributed by atoms with Crippen molar-refractivity contribution >= 4 is 11.6 Å². The van der Waals surface area contributed by atoms with Crippen LogP contribution in [0.4, 0.5) is 5.69 Å². The summed E-state index contributed by atoms with van der Waals surface area (Å²) in [6.45, 7) is 5.09. The van der Waals surface area contributed by atoms with Gasteiger partial charge in [-0.15, -0.1) is 0 Å². The molecule has 1 aliphatic rings. The van der Waals surface area contributed by atoms with Crippen molar-refractivity contribution in [3.05, 3.63) is 36.4 Å². The largest absolute Gasteiger partial charge is 0.497 e. The topological polar surface area (TPSA) is 29.5 Å². The van der Waals surface area contributed by atoms with E-state index in [0.29, 0.717) is 0 Å². The third kappa shape index (κ3) is 3.34. The Morgan fingerprint density at radius 3 is 2.59 bits per heavy atom. The Hall–Kier alpha value is -1.77. The number of anilines is 1. The molecule has 0 bridgehead atoms. The van der Waals surface area contributed by atoms with Crippen molar-refractivity contribution in [3.63, 3.8) is 0 Å². The number of hydrogen-bond acceptors (Lipinski definition) is 2. The van der Waals surface area contributed by atoms with E-state index in [-0.39, 0.29) is 11.3 Å². The molecule has 0 saturated carbocycles. The Morgan fingerprint density at radius 1 is 1.27 bits per heavy atom. The highest BCUT2D eigenvalue weighted by Gasteiger charge is 2.43. The molecule has 22 heavy (non-hydrogen) atoms. The Labute approximate surface area is 134 Å². The molecule has 0 radical (unpaired) electrons. The van der Waals surface area contributed by atoms with E-state index in [0.717, 1.165) is 37.2 Å². The number of hydrogen-bond donors (Lipinski definition) is 0. The Morgan fingerprint density at radius 2 is 2.00 bits per heavy atom. The minimum Gasteiger partial charge on any atom is -0.497 e. The van der Waals surface area contributed by atoms with E-state index in [1.165, 1.54) is 12.8 Å². The number of carbonyl (C=O) groups is 1. The molecule has 0 N–H and O–H groups in total. The van der Waals surface area contributed by atoms with Gasteiger partial charge in [0.25, 0.3) is 0 Å². The summed E-state index contributed by atoms with van der Waals surface area (Å²) < 4.78 is 5.18. The first-order chi connectivity index (χ1) is 10.7. The van der Waals surface area contributed by atoms with E-state index in [1.807, 2.05) is 29.2 Å². The second-order valence-electron chi connectivity index (χ2n) is 5.96. The lowest BCUT2D eigenvalue weighted by molar-refractivity contribution is -0.123. The molecule has 2 rings (SSSR count). The number of amides is 1. The van der Waals surface area contributed by atoms with E-state index in [2.05, 4.69) is 26.0 Å². The van der Waals surface area contributed by atoms with Crippen LogP contribution in [0.25, 0.3) is 0 Å². The van der Waals surface area contributed by atoms with Crippen molar-refractivity contribution in [3.8, 4) is 5.75 Å². The quantitative estimate of drug-likeness (QED) is 0.545. The second kappa shape index (κ2) is 7.48. The van der Waals surface area contributed by atoms with E-state index in [1.54, 1.807) is 7.11 Å². The van der Waals surface area contributed by atoms with Gasteiger partial charge >= 0.3 is 0 Å². The Bertz CT molecular complexity index is 521. The molecule has 3 heteroatoms. The fraction of sp³-hybridized carbons (Fsp3) is 0.526. The summed E-state index contributed by atoms with van der Waals surface area (Å²) in [5.41, 5.74) is 0.649. The van der Waals surface area contributed by atoms with Crippen LogP contribution in [0.5, 0.6) is 5.75 Å². The van der Waals surface area contributed by atoms with Crippen LogP contribution >= 0.6 is 0 Å². The van der Waals surface area contributed by atoms with Gasteiger partial charge in [-0.1, -0.05) is 38.8 Å². The third-order valence-electron chi connectivity index (χ3n) is 4.63. The SMILES string of the molecule is CCCC/C=C/[C@]1(CC)CCN(c2ccc(OC)cc2)C1=O. The first kappa shape index (κ1) is 16.6. The van der Waals surface area contributed by atoms with Crippen LogP contribution < -0.4 is 9.64 Å². The molecule has 0 unspecified atom stereocenters. The fourth-order valence-electron chi connectivity index (χ4n) is 3.03. The summed E-state index contributed by atoms with van der Waals surface area (Å²) in [6.07, 6.45) is 9.56. The maximum atomic E-state index is 12.9. The number of benzene rings is 1. The number of carbonyl (C=O) groups excluding carboxylic acids is 1. The number of ether oxygens (including phenoxy) is 1. The fourth-order valence-corrected chi connectivity index (χ4v) is 3.03. The van der Waals surface area contributed by atoms with Crippen molar-refractivity contribution in [1.29, 1.82) is 0 Å². The summed E-state index contributed by atoms with van der Waals surface area (Å²) in [5.74, 6) is 1.05. The van der Waals surface area contributed by atoms with Gasteiger partial charge in [-0.2, -0.15) is 0 Å². The van der Waals surface area contributed by atoms with Crippen molar-refractivity contribution in [2.24, 2.45) is 5.41 Å². The highest BCUT2D eigenvalue weighted by Crippen LogP contribution is 2.39. The van der Waals surface area contributed by atoms with Crippen molar-refractivity contribution in [2.45, 2.75) is 46.0 Å². The van der Waals surface area contributed by atoms with Gasteiger partial charge in [0.1, 0.15) is 5.75 Å². The lowest BCUT2D eigenvalue weighted by Crippen LogP contribution is -2.33. The first-order valence-corrected chi connectivity index (χ1v) is 8.30. The molecule has 1 saturated heterocycles. The maximum absolute atomic E-state index is 12.9. The lowest BCUT2D eigenvalue weighted by atomic mass is 9.83. The van der Waals surface area contributed by atoms with Crippen molar-refractivity contribution in [2.75, 3.05) is 18.6 Å². The van der Waals surface area contributed by atoms with Gasteiger partial charge in [0.15, 0.2) is 0 Å². The summed E-state index contributed by atoms with van der Waals surface area (Å²) in [6, 6.07) is 7.74. The van der Waals surface area contributed by atoms with Crippen LogP contribution in [0.1, 0.15) is 46.0 Å². The summed E-state index contributed by atoms with van der Waals surface area (Å²) >= 11 is 0. The van der Waals surface area contributed by atoms with Crippen LogP contribution in [0.15, 0.2) is 36.4 Å². The second-order valence-corrected chi connectivity index (χ2v) is 5.96. The standard InChI is InChI=1S/C19H27NO2/c1-4-6-7-8-13-19(5-2)14-15-20(18(19)21)16-9-11-17(22-3)12-10-16/h8-13H,4-7,14-15H2,1-3H3/b13-8+/t19-/m1/s1. The van der Waals surface area contributed by atoms with Crippen molar-refractivity contribution < 1.29 is 9.53 Å². The van der Waals surface area contributed by atoms with Gasteiger partial charge in [0, 0.05) is 12.2 Å². The van der Waals surface area contributed by atoms with Gasteiger partial charge in [-0.05, 0) is 43.5 Å². The number of allylic oxidation sites excluding steroid dienone is 1. The smallest absolute Gasteiger partial charge is 0.237 e. The minimum atomic E-state index is -0.312. The molecule has 1 fully saturated rings. The van der Waals surface area contributed by atoms with E-state index < -0.39 is 0 Å². The van der Waals surface area contributed by atoms with Crippen LogP contribution in [0, 0.1) is 5.41 Å². The predicted octanol–water partition coefficient (Wildman–Crippen LogP) is 4.57. The zero-order chi connectivity index (χ0) is 16.0. The number of nitrogens with zero attached hydrogens (tertiary/aromatic N) is 1. The molecular weight excluding hydrogens is 274 g/mol. The molecule has 0 aliphatic carbocycles. The molecule has 1 atom stereocenters. The monoisotopic (exact) mass is 301 g/mol. The Kier molecular flexibility index (Phi) is 5.64. The van der Waals surface area contributed by atoms with Gasteiger partial charge in [-0.25, -0.2) is 0 Å². The van der Waals surface area contributed by atoms with Gasteiger partial charge in [-0.3, -0.25) is 4.79 Å². The minimum absolute atomic E-state index is 0.230.